The van der Waals surface area contributed by atoms with Crippen LogP contribution in [-0.4, -0.2) is 18.7 Å². The Hall–Kier alpha value is -0.350. The minimum atomic E-state index is -3.81. The van der Waals surface area contributed by atoms with Crippen molar-refractivity contribution in [2.45, 2.75) is 38.5 Å². The average Bonchev–Trinajstić information content (AvgIpc) is 2.26. The Morgan fingerprint density at radius 2 is 1.69 bits per heavy atom. The fraction of sp³-hybridized carbons (Fsp3) is 0.778. The van der Waals surface area contributed by atoms with E-state index in [2.05, 4.69) is 0 Å². The summed E-state index contributed by atoms with van der Waals surface area (Å²) in [5.74, 6) is -0.220. The molecule has 0 spiro atoms. The molecule has 0 aliphatic heterocycles. The molecule has 13 heavy (non-hydrogen) atoms. The van der Waals surface area contributed by atoms with Gasteiger partial charge in [0.05, 0.1) is 5.75 Å². The zero-order valence-electron chi connectivity index (χ0n) is 7.70. The lowest BCUT2D eigenvalue weighted by atomic mass is 10.1. The molecule has 0 atom stereocenters. The second kappa shape index (κ2) is 4.77. The molecule has 0 amide bonds. The van der Waals surface area contributed by atoms with Crippen LogP contribution in [0.15, 0.2) is 11.6 Å². The van der Waals surface area contributed by atoms with Crippen LogP contribution in [0, 0.1) is 0 Å². The van der Waals surface area contributed by atoms with Gasteiger partial charge in [-0.15, -0.1) is 0 Å². The lowest BCUT2D eigenvalue weighted by Gasteiger charge is -2.00. The van der Waals surface area contributed by atoms with Gasteiger partial charge >= 0.3 is 0 Å². The maximum atomic E-state index is 10.5. The van der Waals surface area contributed by atoms with Crippen LogP contribution in [0.3, 0.4) is 0 Å². The summed E-state index contributed by atoms with van der Waals surface area (Å²) < 4.78 is 29.5. The SMILES string of the molecule is O=S(=O)(O)CC=C1CCCCCC1. The number of allylic oxidation sites excluding steroid dienone is 1. The van der Waals surface area contributed by atoms with Crippen molar-refractivity contribution in [1.29, 1.82) is 0 Å². The smallest absolute Gasteiger partial charge is 0.268 e. The summed E-state index contributed by atoms with van der Waals surface area (Å²) >= 11 is 0. The summed E-state index contributed by atoms with van der Waals surface area (Å²) in [7, 11) is -3.81. The van der Waals surface area contributed by atoms with E-state index in [0.717, 1.165) is 25.7 Å². The standard InChI is InChI=1S/C9H16O3S/c10-13(11,12)8-7-9-5-3-1-2-4-6-9/h7H,1-6,8H2,(H,10,11,12). The minimum Gasteiger partial charge on any atom is -0.285 e. The predicted octanol–water partition coefficient (Wildman–Crippen LogP) is 2.15. The first-order chi connectivity index (χ1) is 6.08. The van der Waals surface area contributed by atoms with Crippen molar-refractivity contribution in [3.8, 4) is 0 Å². The van der Waals surface area contributed by atoms with E-state index in [0.29, 0.717) is 0 Å². The maximum Gasteiger partial charge on any atom is 0.268 e. The Morgan fingerprint density at radius 3 is 2.15 bits per heavy atom. The van der Waals surface area contributed by atoms with Crippen molar-refractivity contribution in [1.82, 2.24) is 0 Å². The first-order valence-corrected chi connectivity index (χ1v) is 6.32. The quantitative estimate of drug-likeness (QED) is 0.426. The molecule has 0 aromatic rings. The molecular formula is C9H16O3S. The first kappa shape index (κ1) is 10.7. The third-order valence-corrected chi connectivity index (χ3v) is 2.92. The van der Waals surface area contributed by atoms with Crippen LogP contribution in [-0.2, 0) is 10.1 Å². The van der Waals surface area contributed by atoms with E-state index in [4.69, 9.17) is 4.55 Å². The molecule has 0 aromatic heterocycles. The summed E-state index contributed by atoms with van der Waals surface area (Å²) in [5.41, 5.74) is 1.19. The van der Waals surface area contributed by atoms with Crippen LogP contribution >= 0.6 is 0 Å². The van der Waals surface area contributed by atoms with Gasteiger partial charge in [-0.1, -0.05) is 24.5 Å². The lowest BCUT2D eigenvalue weighted by molar-refractivity contribution is 0.486. The highest BCUT2D eigenvalue weighted by Crippen LogP contribution is 2.21. The molecule has 0 saturated heterocycles. The number of rotatable bonds is 2. The van der Waals surface area contributed by atoms with E-state index in [9.17, 15) is 8.42 Å². The van der Waals surface area contributed by atoms with Crippen molar-refractivity contribution in [3.05, 3.63) is 11.6 Å². The monoisotopic (exact) mass is 204 g/mol. The van der Waals surface area contributed by atoms with Crippen LogP contribution in [0.4, 0.5) is 0 Å². The van der Waals surface area contributed by atoms with E-state index < -0.39 is 10.1 Å². The highest BCUT2D eigenvalue weighted by Gasteiger charge is 2.06. The van der Waals surface area contributed by atoms with E-state index in [1.54, 1.807) is 6.08 Å². The number of hydrogen-bond donors (Lipinski definition) is 1. The Bertz CT molecular complexity index is 267. The first-order valence-electron chi connectivity index (χ1n) is 4.71. The zero-order valence-corrected chi connectivity index (χ0v) is 8.52. The summed E-state index contributed by atoms with van der Waals surface area (Å²) in [6.45, 7) is 0. The van der Waals surface area contributed by atoms with Crippen LogP contribution in [0.5, 0.6) is 0 Å². The third-order valence-electron chi connectivity index (χ3n) is 2.33. The van der Waals surface area contributed by atoms with E-state index in [1.165, 1.54) is 18.4 Å². The molecule has 76 valence electrons. The van der Waals surface area contributed by atoms with Crippen molar-refractivity contribution in [2.75, 3.05) is 5.75 Å². The van der Waals surface area contributed by atoms with Crippen LogP contribution in [0.1, 0.15) is 38.5 Å². The average molecular weight is 204 g/mol. The Kier molecular flexibility index (Phi) is 3.93. The number of hydrogen-bond acceptors (Lipinski definition) is 2. The molecule has 0 aromatic carbocycles. The van der Waals surface area contributed by atoms with Gasteiger partial charge in [0, 0.05) is 0 Å². The van der Waals surface area contributed by atoms with Crippen molar-refractivity contribution < 1.29 is 13.0 Å². The van der Waals surface area contributed by atoms with Gasteiger partial charge in [0.15, 0.2) is 0 Å². The molecule has 1 aliphatic rings. The predicted molar refractivity (Wildman–Crippen MR) is 52.2 cm³/mol. The zero-order chi connectivity index (χ0) is 9.73. The topological polar surface area (TPSA) is 54.4 Å². The fourth-order valence-electron chi connectivity index (χ4n) is 1.61. The van der Waals surface area contributed by atoms with E-state index in [1.807, 2.05) is 0 Å². The summed E-state index contributed by atoms with van der Waals surface area (Å²) in [5, 5.41) is 0. The summed E-state index contributed by atoms with van der Waals surface area (Å²) in [4.78, 5) is 0. The van der Waals surface area contributed by atoms with Crippen molar-refractivity contribution >= 4 is 10.1 Å². The molecule has 1 fully saturated rings. The van der Waals surface area contributed by atoms with E-state index >= 15 is 0 Å². The largest absolute Gasteiger partial charge is 0.285 e. The van der Waals surface area contributed by atoms with Gasteiger partial charge < -0.3 is 0 Å². The van der Waals surface area contributed by atoms with Gasteiger partial charge in [-0.05, 0) is 25.7 Å². The molecule has 1 N–H and O–H groups in total. The molecule has 1 saturated carbocycles. The molecular weight excluding hydrogens is 188 g/mol. The van der Waals surface area contributed by atoms with Gasteiger partial charge in [0.25, 0.3) is 10.1 Å². The highest BCUT2D eigenvalue weighted by molar-refractivity contribution is 7.85. The fourth-order valence-corrected chi connectivity index (χ4v) is 2.06. The maximum absolute atomic E-state index is 10.5. The Balaban J connectivity index is 2.49. The van der Waals surface area contributed by atoms with Crippen molar-refractivity contribution in [2.24, 2.45) is 0 Å². The third kappa shape index (κ3) is 5.05. The Morgan fingerprint density at radius 1 is 1.15 bits per heavy atom. The lowest BCUT2D eigenvalue weighted by Crippen LogP contribution is -2.01. The molecule has 1 aliphatic carbocycles. The molecule has 4 heteroatoms. The Labute approximate surface area is 79.6 Å². The second-order valence-corrected chi connectivity index (χ2v) is 5.02. The summed E-state index contributed by atoms with van der Waals surface area (Å²) in [6.07, 6.45) is 8.44. The molecule has 0 radical (unpaired) electrons. The van der Waals surface area contributed by atoms with Crippen LogP contribution < -0.4 is 0 Å². The molecule has 3 nitrogen and oxygen atoms in total. The highest BCUT2D eigenvalue weighted by atomic mass is 32.2. The van der Waals surface area contributed by atoms with Gasteiger partial charge in [0.1, 0.15) is 0 Å². The molecule has 0 heterocycles. The second-order valence-electron chi connectivity index (χ2n) is 3.53. The van der Waals surface area contributed by atoms with Crippen molar-refractivity contribution in [3.63, 3.8) is 0 Å². The molecule has 1 rings (SSSR count). The van der Waals surface area contributed by atoms with Gasteiger partial charge in [0.2, 0.25) is 0 Å². The van der Waals surface area contributed by atoms with E-state index in [-0.39, 0.29) is 5.75 Å². The normalized spacial score (nSPS) is 19.6. The minimum absolute atomic E-state index is 0.220. The van der Waals surface area contributed by atoms with Gasteiger partial charge in [-0.3, -0.25) is 4.55 Å². The van der Waals surface area contributed by atoms with Crippen LogP contribution in [0.25, 0.3) is 0 Å². The van der Waals surface area contributed by atoms with Gasteiger partial charge in [-0.25, -0.2) is 0 Å². The molecule has 0 unspecified atom stereocenters. The van der Waals surface area contributed by atoms with Crippen LogP contribution in [0.2, 0.25) is 0 Å². The molecule has 0 bridgehead atoms. The summed E-state index contributed by atoms with van der Waals surface area (Å²) in [6, 6.07) is 0. The van der Waals surface area contributed by atoms with Gasteiger partial charge in [-0.2, -0.15) is 8.42 Å².